The van der Waals surface area contributed by atoms with Crippen LogP contribution in [0.1, 0.15) is 46.5 Å². The molecular weight excluding hydrogens is 391 g/mol. The van der Waals surface area contributed by atoms with Gasteiger partial charge in [0, 0.05) is 35.9 Å². The minimum Gasteiger partial charge on any atom is -0.351 e. The normalized spacial score (nSPS) is 22.8. The highest BCUT2D eigenvalue weighted by molar-refractivity contribution is 6.45. The van der Waals surface area contributed by atoms with Crippen molar-refractivity contribution in [3.8, 4) is 5.69 Å². The molecule has 1 aromatic carbocycles. The summed E-state index contributed by atoms with van der Waals surface area (Å²) >= 11 is 12.9. The van der Waals surface area contributed by atoms with Crippen LogP contribution in [0.4, 0.5) is 5.82 Å². The van der Waals surface area contributed by atoms with Gasteiger partial charge in [-0.3, -0.25) is 0 Å². The van der Waals surface area contributed by atoms with Crippen LogP contribution in [0.5, 0.6) is 0 Å². The molecule has 28 heavy (non-hydrogen) atoms. The van der Waals surface area contributed by atoms with Gasteiger partial charge in [0.25, 0.3) is 0 Å². The fourth-order valence-corrected chi connectivity index (χ4v) is 4.97. The van der Waals surface area contributed by atoms with Crippen LogP contribution in [0.3, 0.4) is 0 Å². The highest BCUT2D eigenvalue weighted by Gasteiger charge is 2.33. The fourth-order valence-electron chi connectivity index (χ4n) is 4.61. The predicted octanol–water partition coefficient (Wildman–Crippen LogP) is 6.52. The SMILES string of the molecule is CCC1CC(C)N(c2cc(-n3ccnc3)c3ccc(Cl)c(Cl)c3n2)C(CC)C1. The van der Waals surface area contributed by atoms with Crippen LogP contribution in [0.25, 0.3) is 16.6 Å². The maximum atomic E-state index is 6.58. The van der Waals surface area contributed by atoms with Crippen LogP contribution in [-0.2, 0) is 0 Å². The van der Waals surface area contributed by atoms with Crippen LogP contribution in [-0.4, -0.2) is 26.6 Å². The van der Waals surface area contributed by atoms with Crippen LogP contribution < -0.4 is 4.90 Å². The zero-order valence-electron chi connectivity index (χ0n) is 16.6. The molecule has 6 heteroatoms. The van der Waals surface area contributed by atoms with Crippen molar-refractivity contribution >= 4 is 39.9 Å². The Kier molecular flexibility index (Phi) is 5.52. The lowest BCUT2D eigenvalue weighted by Crippen LogP contribution is -2.48. The fraction of sp³-hybridized carbons (Fsp3) is 0.455. The second-order valence-electron chi connectivity index (χ2n) is 7.79. The summed E-state index contributed by atoms with van der Waals surface area (Å²) in [5.74, 6) is 1.75. The average molecular weight is 417 g/mol. The topological polar surface area (TPSA) is 34.0 Å². The molecule has 2 aromatic heterocycles. The molecule has 3 heterocycles. The molecule has 3 atom stereocenters. The van der Waals surface area contributed by atoms with Crippen LogP contribution >= 0.6 is 23.2 Å². The Morgan fingerprint density at radius 2 is 1.96 bits per heavy atom. The average Bonchev–Trinajstić information content (AvgIpc) is 3.24. The van der Waals surface area contributed by atoms with E-state index in [2.05, 4.69) is 36.7 Å². The first-order valence-corrected chi connectivity index (χ1v) is 10.8. The Morgan fingerprint density at radius 1 is 1.14 bits per heavy atom. The van der Waals surface area contributed by atoms with Crippen molar-refractivity contribution in [1.29, 1.82) is 0 Å². The van der Waals surface area contributed by atoms with Crippen LogP contribution in [0.15, 0.2) is 36.9 Å². The van der Waals surface area contributed by atoms with Gasteiger partial charge >= 0.3 is 0 Å². The van der Waals surface area contributed by atoms with Crippen molar-refractivity contribution in [1.82, 2.24) is 14.5 Å². The first kappa shape index (κ1) is 19.5. The molecule has 0 amide bonds. The molecule has 0 bridgehead atoms. The maximum absolute atomic E-state index is 6.58. The molecule has 0 spiro atoms. The number of halogens is 2. The maximum Gasteiger partial charge on any atom is 0.131 e. The smallest absolute Gasteiger partial charge is 0.131 e. The summed E-state index contributed by atoms with van der Waals surface area (Å²) in [7, 11) is 0. The molecule has 0 radical (unpaired) electrons. The third-order valence-electron chi connectivity index (χ3n) is 6.08. The van der Waals surface area contributed by atoms with E-state index in [9.17, 15) is 0 Å². The molecule has 3 aromatic rings. The third-order valence-corrected chi connectivity index (χ3v) is 6.88. The van der Waals surface area contributed by atoms with Gasteiger partial charge in [0.05, 0.1) is 27.6 Å². The van der Waals surface area contributed by atoms with Gasteiger partial charge in [0.2, 0.25) is 0 Å². The zero-order chi connectivity index (χ0) is 19.8. The Morgan fingerprint density at radius 3 is 2.64 bits per heavy atom. The molecule has 0 N–H and O–H groups in total. The van der Waals surface area contributed by atoms with Gasteiger partial charge in [-0.25, -0.2) is 9.97 Å². The lowest BCUT2D eigenvalue weighted by Gasteiger charge is -2.45. The number of aromatic nitrogens is 3. The summed E-state index contributed by atoms with van der Waals surface area (Å²) in [6.07, 6.45) is 10.3. The number of rotatable bonds is 4. The summed E-state index contributed by atoms with van der Waals surface area (Å²) in [6.45, 7) is 6.88. The summed E-state index contributed by atoms with van der Waals surface area (Å²) in [5.41, 5.74) is 1.77. The molecule has 1 aliphatic rings. The second-order valence-corrected chi connectivity index (χ2v) is 8.58. The number of hydrogen-bond acceptors (Lipinski definition) is 3. The van der Waals surface area contributed by atoms with E-state index in [1.807, 2.05) is 29.2 Å². The van der Waals surface area contributed by atoms with E-state index in [0.29, 0.717) is 22.1 Å². The molecule has 1 aliphatic heterocycles. The number of benzene rings is 1. The van der Waals surface area contributed by atoms with Gasteiger partial charge in [0.15, 0.2) is 0 Å². The molecule has 0 saturated carbocycles. The van der Waals surface area contributed by atoms with Crippen molar-refractivity contribution < 1.29 is 0 Å². The molecule has 1 saturated heterocycles. The van der Waals surface area contributed by atoms with Gasteiger partial charge in [-0.15, -0.1) is 0 Å². The molecule has 4 rings (SSSR count). The van der Waals surface area contributed by atoms with E-state index in [0.717, 1.165) is 34.7 Å². The van der Waals surface area contributed by atoms with Crippen LogP contribution in [0.2, 0.25) is 10.0 Å². The van der Waals surface area contributed by atoms with E-state index in [1.54, 1.807) is 6.20 Å². The number of nitrogens with zero attached hydrogens (tertiary/aromatic N) is 4. The predicted molar refractivity (Wildman–Crippen MR) is 118 cm³/mol. The number of hydrogen-bond donors (Lipinski definition) is 0. The first-order chi connectivity index (χ1) is 13.5. The Labute approximate surface area is 176 Å². The number of pyridine rings is 1. The Bertz CT molecular complexity index is 970. The molecular formula is C22H26Cl2N4. The van der Waals surface area contributed by atoms with Crippen LogP contribution in [0, 0.1) is 5.92 Å². The Balaban J connectivity index is 1.91. The standard InChI is InChI=1S/C22H26Cl2N4/c1-4-15-10-14(3)28(16(5-2)11-15)20-12-19(27-9-8-25-13-27)17-6-7-18(23)21(24)22(17)26-20/h6-9,12-16H,4-5,10-11H2,1-3H3. The summed E-state index contributed by atoms with van der Waals surface area (Å²) in [4.78, 5) is 11.7. The summed E-state index contributed by atoms with van der Waals surface area (Å²) in [5, 5.41) is 2.01. The molecule has 3 unspecified atom stereocenters. The van der Waals surface area contributed by atoms with Gasteiger partial charge in [-0.2, -0.15) is 0 Å². The van der Waals surface area contributed by atoms with Gasteiger partial charge < -0.3 is 9.47 Å². The van der Waals surface area contributed by atoms with Gasteiger partial charge in [-0.05, 0) is 44.2 Å². The number of imidazole rings is 1. The monoisotopic (exact) mass is 416 g/mol. The largest absolute Gasteiger partial charge is 0.351 e. The first-order valence-electron chi connectivity index (χ1n) is 10.1. The van der Waals surface area contributed by atoms with E-state index < -0.39 is 0 Å². The van der Waals surface area contributed by atoms with Crippen molar-refractivity contribution in [2.24, 2.45) is 5.92 Å². The highest BCUT2D eigenvalue weighted by Crippen LogP contribution is 2.39. The van der Waals surface area contributed by atoms with Gasteiger partial charge in [0.1, 0.15) is 5.82 Å². The van der Waals surface area contributed by atoms with Crippen molar-refractivity contribution in [3.05, 3.63) is 47.0 Å². The third kappa shape index (κ3) is 3.37. The zero-order valence-corrected chi connectivity index (χ0v) is 18.1. The molecule has 1 fully saturated rings. The van der Waals surface area contributed by atoms with Crippen molar-refractivity contribution in [2.45, 2.75) is 58.5 Å². The minimum absolute atomic E-state index is 0.433. The summed E-state index contributed by atoms with van der Waals surface area (Å²) < 4.78 is 2.02. The lowest BCUT2D eigenvalue weighted by molar-refractivity contribution is 0.283. The Hall–Kier alpha value is -1.78. The van der Waals surface area contributed by atoms with Crippen molar-refractivity contribution in [3.63, 3.8) is 0 Å². The van der Waals surface area contributed by atoms with Crippen molar-refractivity contribution in [2.75, 3.05) is 4.90 Å². The second kappa shape index (κ2) is 7.92. The highest BCUT2D eigenvalue weighted by atomic mass is 35.5. The van der Waals surface area contributed by atoms with Gasteiger partial charge in [-0.1, -0.05) is 43.5 Å². The van der Waals surface area contributed by atoms with E-state index >= 15 is 0 Å². The van der Waals surface area contributed by atoms with E-state index in [-0.39, 0.29) is 0 Å². The summed E-state index contributed by atoms with van der Waals surface area (Å²) in [6, 6.07) is 6.90. The number of anilines is 1. The number of piperidine rings is 1. The molecule has 0 aliphatic carbocycles. The molecule has 4 nitrogen and oxygen atoms in total. The quantitative estimate of drug-likeness (QED) is 0.485. The minimum atomic E-state index is 0.433. The number of fused-ring (bicyclic) bond motifs is 1. The van der Waals surface area contributed by atoms with E-state index in [4.69, 9.17) is 28.2 Å². The van der Waals surface area contributed by atoms with E-state index in [1.165, 1.54) is 19.3 Å². The molecule has 148 valence electrons. The lowest BCUT2D eigenvalue weighted by atomic mass is 9.84.